The van der Waals surface area contributed by atoms with Gasteiger partial charge >= 0.3 is 0 Å². The molecule has 0 aliphatic carbocycles. The van der Waals surface area contributed by atoms with Crippen molar-refractivity contribution >= 4 is 38.9 Å². The first-order chi connectivity index (χ1) is 26.2. The number of aromatic nitrogens is 2. The van der Waals surface area contributed by atoms with E-state index in [4.69, 9.17) is 9.10 Å². The lowest BCUT2D eigenvalue weighted by Crippen LogP contribution is -2.31. The molecule has 8 aromatic rings. The first-order valence-electron chi connectivity index (χ1n) is 19.1. The van der Waals surface area contributed by atoms with Gasteiger partial charge in [0, 0.05) is 33.7 Å². The minimum absolute atomic E-state index is 0.220. The molecule has 51 heavy (non-hydrogen) atoms. The van der Waals surface area contributed by atoms with Crippen molar-refractivity contribution in [2.45, 2.75) is 25.2 Å². The predicted octanol–water partition coefficient (Wildman–Crippen LogP) is 11.2. The largest absolute Gasteiger partial charge is 0.355 e. The van der Waals surface area contributed by atoms with Crippen LogP contribution < -0.4 is 9.80 Å². The predicted molar refractivity (Wildman–Crippen MR) is 213 cm³/mol. The number of anilines is 3. The SMILES string of the molecule is [2H]C([2H])([2H])N1CN(c2cccc(C(c3ccccc3)(c3ccccc3)c3ccc4c5ccccc5n(-c5cc(C(C)C)ccn5)c4c3)c2)c2ccccc21. The normalized spacial score (nSPS) is 14.1. The van der Waals surface area contributed by atoms with Gasteiger partial charge in [-0.3, -0.25) is 4.57 Å². The molecule has 0 unspecified atom stereocenters. The zero-order valence-electron chi connectivity index (χ0n) is 31.7. The molecule has 4 heteroatoms. The monoisotopic (exact) mass is 663 g/mol. The molecule has 2 aromatic heterocycles. The van der Waals surface area contributed by atoms with E-state index in [0.29, 0.717) is 11.6 Å². The van der Waals surface area contributed by atoms with Crippen LogP contribution in [-0.4, -0.2) is 23.2 Å². The average Bonchev–Trinajstić information content (AvgIpc) is 3.76. The van der Waals surface area contributed by atoms with Gasteiger partial charge in [0.2, 0.25) is 0 Å². The lowest BCUT2D eigenvalue weighted by molar-refractivity contribution is 0.745. The summed E-state index contributed by atoms with van der Waals surface area (Å²) in [4.78, 5) is 8.56. The van der Waals surface area contributed by atoms with Crippen molar-refractivity contribution in [3.05, 3.63) is 198 Å². The highest BCUT2D eigenvalue weighted by atomic mass is 15.4. The van der Waals surface area contributed by atoms with Crippen LogP contribution in [0.25, 0.3) is 27.6 Å². The van der Waals surface area contributed by atoms with Crippen LogP contribution in [0.5, 0.6) is 0 Å². The summed E-state index contributed by atoms with van der Waals surface area (Å²) >= 11 is 0. The van der Waals surface area contributed by atoms with Crippen LogP contribution in [0, 0.1) is 0 Å². The first kappa shape index (κ1) is 27.7. The van der Waals surface area contributed by atoms with Gasteiger partial charge in [-0.05, 0) is 82.3 Å². The minimum Gasteiger partial charge on any atom is -0.355 e. The lowest BCUT2D eigenvalue weighted by Gasteiger charge is -2.37. The maximum atomic E-state index is 8.34. The van der Waals surface area contributed by atoms with E-state index in [0.717, 1.165) is 55.9 Å². The summed E-state index contributed by atoms with van der Waals surface area (Å²) in [5, 5.41) is 2.34. The Morgan fingerprint density at radius 1 is 0.588 bits per heavy atom. The topological polar surface area (TPSA) is 24.3 Å². The first-order valence-corrected chi connectivity index (χ1v) is 17.6. The van der Waals surface area contributed by atoms with Crippen molar-refractivity contribution in [1.82, 2.24) is 9.55 Å². The molecule has 0 atom stereocenters. The van der Waals surface area contributed by atoms with Gasteiger partial charge in [-0.15, -0.1) is 0 Å². The molecule has 0 saturated heterocycles. The van der Waals surface area contributed by atoms with Crippen LogP contribution in [0.3, 0.4) is 0 Å². The smallest absolute Gasteiger partial charge is 0.137 e. The molecule has 0 bridgehead atoms. The number of nitrogens with zero attached hydrogens (tertiary/aromatic N) is 4. The van der Waals surface area contributed by atoms with Crippen molar-refractivity contribution in [2.24, 2.45) is 0 Å². The Bertz CT molecular complexity index is 2590. The summed E-state index contributed by atoms with van der Waals surface area (Å²) < 4.78 is 27.3. The van der Waals surface area contributed by atoms with Gasteiger partial charge in [0.1, 0.15) is 5.82 Å². The van der Waals surface area contributed by atoms with Gasteiger partial charge in [0.05, 0.1) is 34.5 Å². The third-order valence-corrected chi connectivity index (χ3v) is 10.5. The molecule has 248 valence electrons. The van der Waals surface area contributed by atoms with Crippen molar-refractivity contribution in [3.8, 4) is 5.82 Å². The molecule has 9 rings (SSSR count). The zero-order chi connectivity index (χ0) is 37.0. The van der Waals surface area contributed by atoms with E-state index in [-0.39, 0.29) is 6.67 Å². The Morgan fingerprint density at radius 2 is 1.24 bits per heavy atom. The molecule has 0 amide bonds. The van der Waals surface area contributed by atoms with Crippen LogP contribution in [0.15, 0.2) is 170 Å². The van der Waals surface area contributed by atoms with Crippen molar-refractivity contribution < 1.29 is 4.11 Å². The summed E-state index contributed by atoms with van der Waals surface area (Å²) in [5.74, 6) is 1.25. The number of hydrogen-bond acceptors (Lipinski definition) is 3. The zero-order valence-corrected chi connectivity index (χ0v) is 28.7. The van der Waals surface area contributed by atoms with Gasteiger partial charge in [-0.1, -0.05) is 129 Å². The Balaban J connectivity index is 1.33. The van der Waals surface area contributed by atoms with Gasteiger partial charge in [-0.25, -0.2) is 4.98 Å². The fourth-order valence-corrected chi connectivity index (χ4v) is 8.08. The van der Waals surface area contributed by atoms with E-state index < -0.39 is 12.4 Å². The van der Waals surface area contributed by atoms with E-state index in [1.54, 1.807) is 0 Å². The third-order valence-electron chi connectivity index (χ3n) is 10.5. The Hall–Kier alpha value is -6.13. The molecular weight excluding hydrogens is 621 g/mol. The number of pyridine rings is 1. The van der Waals surface area contributed by atoms with Crippen molar-refractivity contribution in [3.63, 3.8) is 0 Å². The van der Waals surface area contributed by atoms with Crippen LogP contribution in [0.1, 0.15) is 51.7 Å². The van der Waals surface area contributed by atoms with Crippen molar-refractivity contribution in [1.29, 1.82) is 0 Å². The fraction of sp³-hybridized carbons (Fsp3) is 0.128. The van der Waals surface area contributed by atoms with E-state index in [2.05, 4.69) is 163 Å². The summed E-state index contributed by atoms with van der Waals surface area (Å²) in [7, 11) is 0. The van der Waals surface area contributed by atoms with Gasteiger partial charge < -0.3 is 9.80 Å². The number of fused-ring (bicyclic) bond motifs is 4. The Labute approximate surface area is 304 Å². The highest BCUT2D eigenvalue weighted by Crippen LogP contribution is 2.48. The molecule has 3 heterocycles. The second-order valence-electron chi connectivity index (χ2n) is 13.7. The van der Waals surface area contributed by atoms with Crippen LogP contribution in [0.4, 0.5) is 17.1 Å². The number of para-hydroxylation sites is 3. The molecule has 6 aromatic carbocycles. The maximum Gasteiger partial charge on any atom is 0.137 e. The summed E-state index contributed by atoms with van der Waals surface area (Å²) in [6.07, 6.45) is 1.92. The maximum absolute atomic E-state index is 8.34. The fourth-order valence-electron chi connectivity index (χ4n) is 8.08. The number of rotatable bonds is 7. The third kappa shape index (κ3) is 4.93. The molecule has 1 aliphatic heterocycles. The molecule has 0 saturated carbocycles. The number of hydrogen-bond donors (Lipinski definition) is 0. The minimum atomic E-state index is -2.28. The highest BCUT2D eigenvalue weighted by molar-refractivity contribution is 6.09. The molecule has 0 N–H and O–H groups in total. The molecule has 1 aliphatic rings. The Morgan fingerprint density at radius 3 is 1.98 bits per heavy atom. The molecule has 4 nitrogen and oxygen atoms in total. The summed E-state index contributed by atoms with van der Waals surface area (Å²) in [5.41, 5.74) is 9.62. The highest BCUT2D eigenvalue weighted by Gasteiger charge is 2.39. The Kier molecular flexibility index (Phi) is 6.69. The molecule has 0 spiro atoms. The molecule has 0 fully saturated rings. The molecule has 0 radical (unpaired) electrons. The second kappa shape index (κ2) is 12.3. The standard InChI is InChI=1S/C47H40N4/c1-33(2)34-27-28-48-46(29-34)51-42-22-11-10-21-40(42)41-26-25-38(31-45(41)51)47(35-15-6-4-7-16-35,36-17-8-5-9-18-36)37-19-14-20-39(30-37)50-32-49(3)43-23-12-13-24-44(43)50/h4-31,33H,32H2,1-3H3/i3D3. The van der Waals surface area contributed by atoms with E-state index >= 15 is 0 Å². The van der Waals surface area contributed by atoms with Gasteiger partial charge in [0.25, 0.3) is 0 Å². The summed E-state index contributed by atoms with van der Waals surface area (Å²) in [6.45, 7) is 2.37. The average molecular weight is 664 g/mol. The number of benzene rings is 6. The lowest BCUT2D eigenvalue weighted by atomic mass is 9.65. The molecular formula is C47H40N4. The van der Waals surface area contributed by atoms with Crippen molar-refractivity contribution in [2.75, 3.05) is 23.4 Å². The van der Waals surface area contributed by atoms with Crippen LogP contribution in [0.2, 0.25) is 0 Å². The van der Waals surface area contributed by atoms with Gasteiger partial charge in [0.15, 0.2) is 0 Å². The van der Waals surface area contributed by atoms with Gasteiger partial charge in [-0.2, -0.15) is 0 Å². The quantitative estimate of drug-likeness (QED) is 0.159. The van der Waals surface area contributed by atoms with E-state index in [1.165, 1.54) is 15.8 Å². The van der Waals surface area contributed by atoms with Crippen LogP contribution >= 0.6 is 0 Å². The summed E-state index contributed by atoms with van der Waals surface area (Å²) in [6, 6.07) is 57.6. The second-order valence-corrected chi connectivity index (χ2v) is 13.7. The van der Waals surface area contributed by atoms with Crippen LogP contribution in [-0.2, 0) is 5.41 Å². The van der Waals surface area contributed by atoms with E-state index in [9.17, 15) is 0 Å². The van der Waals surface area contributed by atoms with E-state index in [1.807, 2.05) is 30.5 Å².